The minimum absolute atomic E-state index is 0.125. The summed E-state index contributed by atoms with van der Waals surface area (Å²) in [5.74, 6) is 0. The second kappa shape index (κ2) is 1.65. The van der Waals surface area contributed by atoms with E-state index >= 15 is 0 Å². The molecular weight excluding hydrogens is 94.1 g/mol. The molecule has 0 saturated carbocycles. The van der Waals surface area contributed by atoms with Crippen molar-refractivity contribution in [1.82, 2.24) is 0 Å². The number of hydrogen-bond donors (Lipinski definition) is 1. The highest BCUT2D eigenvalue weighted by Crippen LogP contribution is 2.00. The Kier molecular flexibility index (Phi) is 1.65. The molecule has 0 aliphatic heterocycles. The van der Waals surface area contributed by atoms with Gasteiger partial charge in [0.2, 0.25) is 4.75 Å². The van der Waals surface area contributed by atoms with Gasteiger partial charge in [0.05, 0.1) is 0 Å². The number of hydrogen-bond acceptors (Lipinski definition) is 1. The number of rotatable bonds is 0. The van der Waals surface area contributed by atoms with Crippen LogP contribution in [0.25, 0.3) is 0 Å². The molecule has 0 aromatic rings. The van der Waals surface area contributed by atoms with Gasteiger partial charge in [0, 0.05) is 0 Å². The van der Waals surface area contributed by atoms with Gasteiger partial charge in [-0.2, -0.15) is 0 Å². The highest BCUT2D eigenvalue weighted by Gasteiger charge is 2.19. The van der Waals surface area contributed by atoms with Crippen LogP contribution in [0.3, 0.4) is 0 Å². The molecular formula is C4H10NS+. The molecule has 0 aliphatic rings. The van der Waals surface area contributed by atoms with Crippen molar-refractivity contribution in [1.29, 1.82) is 4.78 Å². The molecule has 0 aromatic carbocycles. The summed E-state index contributed by atoms with van der Waals surface area (Å²) in [6, 6.07) is 0. The van der Waals surface area contributed by atoms with Crippen LogP contribution in [0.15, 0.2) is 0 Å². The Morgan fingerprint density at radius 2 is 1.50 bits per heavy atom. The zero-order valence-electron chi connectivity index (χ0n) is 4.41. The fraction of sp³-hybridized carbons (Fsp3) is 1.00. The molecule has 2 heteroatoms. The van der Waals surface area contributed by atoms with Gasteiger partial charge in [-0.25, -0.2) is 0 Å². The highest BCUT2D eigenvalue weighted by atomic mass is 32.1. The summed E-state index contributed by atoms with van der Waals surface area (Å²) < 4.78 is 6.90. The van der Waals surface area contributed by atoms with E-state index in [9.17, 15) is 0 Å². The molecule has 0 radical (unpaired) electrons. The Bertz CT molecular complexity index is 53.1. The third kappa shape index (κ3) is 4.02. The van der Waals surface area contributed by atoms with Gasteiger partial charge in [0.1, 0.15) is 0 Å². The molecule has 0 amide bonds. The molecule has 0 bridgehead atoms. The minimum Gasteiger partial charge on any atom is -0.0401 e. The molecule has 0 unspecified atom stereocenters. The molecule has 36 valence electrons. The van der Waals surface area contributed by atoms with E-state index in [-0.39, 0.29) is 4.75 Å². The van der Waals surface area contributed by atoms with Gasteiger partial charge in [-0.05, 0) is 25.6 Å². The van der Waals surface area contributed by atoms with E-state index in [0.717, 1.165) is 11.6 Å². The SMILES string of the molecule is CC(C)(C)[S+]=N. The van der Waals surface area contributed by atoms with Crippen LogP contribution >= 0.6 is 0 Å². The lowest BCUT2D eigenvalue weighted by atomic mass is 10.3. The topological polar surface area (TPSA) is 23.9 Å². The molecule has 0 aromatic heterocycles. The van der Waals surface area contributed by atoms with E-state index in [2.05, 4.69) is 0 Å². The number of nitrogens with one attached hydrogen (secondary N) is 1. The Labute approximate surface area is 42.7 Å². The lowest BCUT2D eigenvalue weighted by Crippen LogP contribution is -2.09. The quantitative estimate of drug-likeness (QED) is 0.452. The summed E-state index contributed by atoms with van der Waals surface area (Å²) in [4.78, 5) is 0. The fourth-order valence-electron chi connectivity index (χ4n) is 0. The molecule has 1 N–H and O–H groups in total. The Morgan fingerprint density at radius 3 is 1.50 bits per heavy atom. The van der Waals surface area contributed by atoms with Crippen LogP contribution in [0.5, 0.6) is 0 Å². The molecule has 0 spiro atoms. The van der Waals surface area contributed by atoms with Gasteiger partial charge < -0.3 is 0 Å². The first kappa shape index (κ1) is 6.02. The van der Waals surface area contributed by atoms with Crippen LogP contribution in [0.2, 0.25) is 0 Å². The van der Waals surface area contributed by atoms with Crippen LogP contribution in [0, 0.1) is 4.78 Å². The van der Waals surface area contributed by atoms with Crippen molar-refractivity contribution >= 4 is 11.6 Å². The Morgan fingerprint density at radius 1 is 1.33 bits per heavy atom. The van der Waals surface area contributed by atoms with E-state index < -0.39 is 0 Å². The van der Waals surface area contributed by atoms with E-state index in [4.69, 9.17) is 4.78 Å². The maximum absolute atomic E-state index is 6.77. The van der Waals surface area contributed by atoms with Gasteiger partial charge >= 0.3 is 11.6 Å². The van der Waals surface area contributed by atoms with Crippen LogP contribution in [-0.4, -0.2) is 4.75 Å². The molecule has 0 aliphatic carbocycles. The molecule has 6 heavy (non-hydrogen) atoms. The van der Waals surface area contributed by atoms with Crippen molar-refractivity contribution in [3.8, 4) is 0 Å². The lowest BCUT2D eigenvalue weighted by Gasteiger charge is -1.89. The van der Waals surface area contributed by atoms with Crippen molar-refractivity contribution in [2.75, 3.05) is 0 Å². The summed E-state index contributed by atoms with van der Waals surface area (Å²) in [6.45, 7) is 6.06. The van der Waals surface area contributed by atoms with Crippen molar-refractivity contribution in [3.05, 3.63) is 0 Å². The summed E-state index contributed by atoms with van der Waals surface area (Å²) in [5.41, 5.74) is 0. The largest absolute Gasteiger partial charge is 0.313 e. The van der Waals surface area contributed by atoms with E-state index in [1.165, 1.54) is 0 Å². The summed E-state index contributed by atoms with van der Waals surface area (Å²) in [5, 5.41) is 0. The first-order valence-corrected chi connectivity index (χ1v) is 2.72. The first-order valence-electron chi connectivity index (χ1n) is 1.91. The van der Waals surface area contributed by atoms with Gasteiger partial charge in [0.15, 0.2) is 0 Å². The van der Waals surface area contributed by atoms with E-state index in [1.54, 1.807) is 0 Å². The van der Waals surface area contributed by atoms with Gasteiger partial charge in [-0.15, -0.1) is 0 Å². The smallest absolute Gasteiger partial charge is 0.0401 e. The van der Waals surface area contributed by atoms with Crippen molar-refractivity contribution < 1.29 is 0 Å². The van der Waals surface area contributed by atoms with Crippen molar-refractivity contribution in [2.45, 2.75) is 25.5 Å². The Balaban J connectivity index is 3.45. The predicted molar refractivity (Wildman–Crippen MR) is 29.8 cm³/mol. The molecule has 0 fully saturated rings. The average Bonchev–Trinajstić information content (AvgIpc) is 1.35. The zero-order chi connectivity index (χ0) is 5.21. The zero-order valence-corrected chi connectivity index (χ0v) is 5.22. The summed E-state index contributed by atoms with van der Waals surface area (Å²) >= 11 is 1.13. The van der Waals surface area contributed by atoms with E-state index in [1.807, 2.05) is 20.8 Å². The maximum atomic E-state index is 6.77. The van der Waals surface area contributed by atoms with Crippen LogP contribution in [0.4, 0.5) is 0 Å². The standard InChI is InChI=1S/C4H10NS/c1-4(2,3)6-5/h5H,1-3H3/q+1. The van der Waals surface area contributed by atoms with Crippen LogP contribution < -0.4 is 0 Å². The van der Waals surface area contributed by atoms with Gasteiger partial charge in [-0.3, -0.25) is 0 Å². The van der Waals surface area contributed by atoms with Gasteiger partial charge in [-0.1, -0.05) is 0 Å². The Hall–Kier alpha value is 0.0200. The first-order chi connectivity index (χ1) is 2.56. The maximum Gasteiger partial charge on any atom is 0.313 e. The second-order valence-corrected chi connectivity index (χ2v) is 3.64. The summed E-state index contributed by atoms with van der Waals surface area (Å²) in [6.07, 6.45) is 0. The molecule has 0 saturated heterocycles. The lowest BCUT2D eigenvalue weighted by molar-refractivity contribution is 0.803. The average molecular weight is 104 g/mol. The molecule has 0 atom stereocenters. The molecule has 1 nitrogen and oxygen atoms in total. The third-order valence-electron chi connectivity index (χ3n) is 0.306. The monoisotopic (exact) mass is 104 g/mol. The van der Waals surface area contributed by atoms with Gasteiger partial charge in [0.25, 0.3) is 0 Å². The van der Waals surface area contributed by atoms with Crippen molar-refractivity contribution in [2.24, 2.45) is 0 Å². The minimum atomic E-state index is 0.125. The predicted octanol–water partition coefficient (Wildman–Crippen LogP) is 1.63. The summed E-state index contributed by atoms with van der Waals surface area (Å²) in [7, 11) is 0. The third-order valence-corrected chi connectivity index (χ3v) is 0.919. The van der Waals surface area contributed by atoms with Crippen LogP contribution in [-0.2, 0) is 11.6 Å². The van der Waals surface area contributed by atoms with Crippen molar-refractivity contribution in [3.63, 3.8) is 0 Å². The fourth-order valence-corrected chi connectivity index (χ4v) is 0. The molecule has 0 rings (SSSR count). The normalized spacial score (nSPS) is 11.2. The van der Waals surface area contributed by atoms with E-state index in [0.29, 0.717) is 0 Å². The van der Waals surface area contributed by atoms with Crippen LogP contribution in [0.1, 0.15) is 20.8 Å². The highest BCUT2D eigenvalue weighted by molar-refractivity contribution is 7.68. The second-order valence-electron chi connectivity index (χ2n) is 2.21. The molecule has 0 heterocycles.